The largest absolute Gasteiger partial charge is 0.249 e. The molecular weight excluding hydrogens is 324 g/mol. The summed E-state index contributed by atoms with van der Waals surface area (Å²) in [6.07, 6.45) is 2.66. The molecule has 0 aliphatic rings. The van der Waals surface area contributed by atoms with E-state index in [-0.39, 0.29) is 10.8 Å². The first-order valence-corrected chi connectivity index (χ1v) is 9.70. The van der Waals surface area contributed by atoms with E-state index >= 15 is 0 Å². The molecule has 0 bridgehead atoms. The predicted octanol–water partition coefficient (Wildman–Crippen LogP) is 5.13. The van der Waals surface area contributed by atoms with E-state index in [0.717, 1.165) is 17.7 Å². The molecule has 0 aliphatic heterocycles. The number of benzene rings is 1. The molecule has 0 fully saturated rings. The first-order chi connectivity index (χ1) is 10.8. The van der Waals surface area contributed by atoms with Crippen LogP contribution in [-0.4, -0.2) is 14.3 Å². The smallest absolute Gasteiger partial charge is 0.240 e. The molecule has 124 valence electrons. The lowest BCUT2D eigenvalue weighted by Gasteiger charge is -2.20. The fourth-order valence-corrected chi connectivity index (χ4v) is 3.84. The van der Waals surface area contributed by atoms with Gasteiger partial charge >= 0.3 is 0 Å². The lowest BCUT2D eigenvalue weighted by Crippen LogP contribution is -2.40. The van der Waals surface area contributed by atoms with E-state index in [9.17, 15) is 4.55 Å². The van der Waals surface area contributed by atoms with Gasteiger partial charge in [-0.25, -0.2) is 4.98 Å². The molecule has 0 saturated heterocycles. The minimum Gasteiger partial charge on any atom is -0.249 e. The highest BCUT2D eigenvalue weighted by Gasteiger charge is 2.36. The van der Waals surface area contributed by atoms with Crippen molar-refractivity contribution in [2.75, 3.05) is 0 Å². The van der Waals surface area contributed by atoms with Crippen LogP contribution in [0.2, 0.25) is 0 Å². The van der Waals surface area contributed by atoms with Crippen LogP contribution in [0.1, 0.15) is 44.5 Å². The third-order valence-electron chi connectivity index (χ3n) is 3.56. The highest BCUT2D eigenvalue weighted by atomic mass is 32.2. The Hall–Kier alpha value is -1.14. The summed E-state index contributed by atoms with van der Waals surface area (Å²) in [7, 11) is 0. The number of hydrogen-bond acceptors (Lipinski definition) is 4. The molecule has 2 aromatic rings. The molecule has 0 amide bonds. The summed E-state index contributed by atoms with van der Waals surface area (Å²) in [5, 5.41) is 0. The van der Waals surface area contributed by atoms with Crippen molar-refractivity contribution >= 4 is 22.7 Å². The number of rotatable bonds is 6. The molecule has 0 spiro atoms. The normalized spacial score (nSPS) is 14.5. The number of nitrogens with one attached hydrogen (secondary N) is 1. The third-order valence-corrected chi connectivity index (χ3v) is 6.20. The van der Waals surface area contributed by atoms with Crippen LogP contribution in [0.5, 0.6) is 0 Å². The van der Waals surface area contributed by atoms with Gasteiger partial charge in [0.05, 0.1) is 22.1 Å². The van der Waals surface area contributed by atoms with Crippen molar-refractivity contribution in [3.8, 4) is 10.4 Å². The Bertz CT molecular complexity index is 644. The minimum atomic E-state index is -0.864. The zero-order valence-corrected chi connectivity index (χ0v) is 15.8. The van der Waals surface area contributed by atoms with Gasteiger partial charge in [-0.2, -0.15) is 4.55 Å². The highest BCUT2D eigenvalue weighted by Crippen LogP contribution is 2.29. The monoisotopic (exact) mass is 349 g/mol. The molecule has 1 aromatic heterocycles. The summed E-state index contributed by atoms with van der Waals surface area (Å²) >= 11 is 0.796. The second-order valence-electron chi connectivity index (χ2n) is 6.48. The van der Waals surface area contributed by atoms with E-state index < -0.39 is 11.4 Å². The molecule has 1 aromatic carbocycles. The highest BCUT2D eigenvalue weighted by molar-refractivity contribution is 7.90. The summed E-state index contributed by atoms with van der Waals surface area (Å²) < 4.78 is 13.5. The maximum Gasteiger partial charge on any atom is 0.240 e. The Morgan fingerprint density at radius 1 is 1.35 bits per heavy atom. The molecule has 5 heteroatoms. The molecular formula is C18H25N2OS2+. The number of nitrogens with zero attached hydrogens (tertiary/aromatic N) is 1. The van der Waals surface area contributed by atoms with Gasteiger partial charge in [0, 0.05) is 0 Å². The van der Waals surface area contributed by atoms with E-state index in [0.29, 0.717) is 0 Å². The zero-order chi connectivity index (χ0) is 17.0. The summed E-state index contributed by atoms with van der Waals surface area (Å²) in [6.45, 7) is 12.0. The van der Waals surface area contributed by atoms with Crippen molar-refractivity contribution in [3.63, 3.8) is 0 Å². The van der Waals surface area contributed by atoms with Gasteiger partial charge in [-0.1, -0.05) is 35.1 Å². The van der Waals surface area contributed by atoms with Gasteiger partial charge < -0.3 is 0 Å². The van der Waals surface area contributed by atoms with E-state index in [4.69, 9.17) is 0 Å². The van der Waals surface area contributed by atoms with Crippen LogP contribution in [0.3, 0.4) is 0 Å². The van der Waals surface area contributed by atoms with Gasteiger partial charge in [-0.3, -0.25) is 0 Å². The maximum atomic E-state index is 10.4. The summed E-state index contributed by atoms with van der Waals surface area (Å²) in [5.74, 6) is 0. The van der Waals surface area contributed by atoms with Gasteiger partial charge in [0.15, 0.2) is 4.75 Å². The van der Waals surface area contributed by atoms with Crippen molar-refractivity contribution in [2.45, 2.75) is 44.9 Å². The molecule has 23 heavy (non-hydrogen) atoms. The molecule has 2 atom stereocenters. The molecule has 2 rings (SSSR count). The first-order valence-electron chi connectivity index (χ1n) is 7.64. The number of hydrogen-bond donors (Lipinski definition) is 2. The fourth-order valence-electron chi connectivity index (χ4n) is 2.18. The van der Waals surface area contributed by atoms with Crippen LogP contribution in [0, 0.1) is 6.92 Å². The zero-order valence-electron chi connectivity index (χ0n) is 14.2. The number of aromatic nitrogens is 1. The number of aryl methyl sites for hydroxylation is 1. The Balaban J connectivity index is 2.20. The molecule has 3 nitrogen and oxygen atoms in total. The van der Waals surface area contributed by atoms with Crippen LogP contribution < -0.4 is 4.72 Å². The van der Waals surface area contributed by atoms with Gasteiger partial charge in [-0.05, 0) is 45.2 Å². The fraction of sp³-hybridized carbons (Fsp3) is 0.389. The van der Waals surface area contributed by atoms with Crippen molar-refractivity contribution in [1.29, 1.82) is 0 Å². The van der Waals surface area contributed by atoms with E-state index in [2.05, 4.69) is 40.6 Å². The molecule has 1 heterocycles. The quantitative estimate of drug-likeness (QED) is 0.561. The second-order valence-corrected chi connectivity index (χ2v) is 9.37. The Morgan fingerprint density at radius 3 is 2.48 bits per heavy atom. The standard InChI is InChI=1S/C18H25N2OS2/c1-6-7-16(20-23(21)18(3,4)5)14-8-10-15(11-9-14)17-13(2)19-12-22-17/h6,8-12,16,20-21H,1,7H2,2-5H3/q+1/t16-,23?/m0/s1. The van der Waals surface area contributed by atoms with Crippen molar-refractivity contribution in [3.05, 3.63) is 53.7 Å². The predicted molar refractivity (Wildman–Crippen MR) is 103 cm³/mol. The molecule has 0 saturated carbocycles. The average Bonchev–Trinajstić information content (AvgIpc) is 2.92. The van der Waals surface area contributed by atoms with Gasteiger partial charge in [0.2, 0.25) is 11.4 Å². The van der Waals surface area contributed by atoms with Crippen LogP contribution >= 0.6 is 11.3 Å². The van der Waals surface area contributed by atoms with Gasteiger partial charge in [0.1, 0.15) is 0 Å². The molecule has 0 radical (unpaired) electrons. The van der Waals surface area contributed by atoms with Gasteiger partial charge in [0.25, 0.3) is 0 Å². The van der Waals surface area contributed by atoms with Crippen LogP contribution in [0.4, 0.5) is 0 Å². The van der Waals surface area contributed by atoms with Crippen LogP contribution in [-0.2, 0) is 11.4 Å². The average molecular weight is 350 g/mol. The first kappa shape index (κ1) is 18.2. The van der Waals surface area contributed by atoms with Crippen molar-refractivity contribution in [1.82, 2.24) is 9.71 Å². The topological polar surface area (TPSA) is 45.1 Å². The van der Waals surface area contributed by atoms with Crippen molar-refractivity contribution in [2.24, 2.45) is 0 Å². The van der Waals surface area contributed by atoms with E-state index in [1.165, 1.54) is 10.4 Å². The van der Waals surface area contributed by atoms with E-state index in [1.54, 1.807) is 11.3 Å². The summed E-state index contributed by atoms with van der Waals surface area (Å²) in [5.41, 5.74) is 5.28. The van der Waals surface area contributed by atoms with Crippen molar-refractivity contribution < 1.29 is 4.55 Å². The second kappa shape index (κ2) is 7.62. The minimum absolute atomic E-state index is 0.0664. The maximum absolute atomic E-state index is 10.4. The SMILES string of the molecule is C=CC[C@H](N[S+](O)C(C)(C)C)c1ccc(-c2scnc2C)cc1. The molecule has 2 N–H and O–H groups in total. The summed E-state index contributed by atoms with van der Waals surface area (Å²) in [4.78, 5) is 5.52. The number of thiazole rings is 1. The van der Waals surface area contributed by atoms with Gasteiger partial charge in [-0.15, -0.1) is 17.9 Å². The lowest BCUT2D eigenvalue weighted by molar-refractivity contribution is 0.550. The lowest BCUT2D eigenvalue weighted by atomic mass is 10.0. The summed E-state index contributed by atoms with van der Waals surface area (Å²) in [6, 6.07) is 8.56. The third kappa shape index (κ3) is 4.67. The van der Waals surface area contributed by atoms with Crippen LogP contribution in [0.15, 0.2) is 42.4 Å². The molecule has 1 unspecified atom stereocenters. The molecule has 0 aliphatic carbocycles. The Kier molecular flexibility index (Phi) is 6.03. The Labute approximate surface area is 146 Å². The Morgan fingerprint density at radius 2 is 2.00 bits per heavy atom. The van der Waals surface area contributed by atoms with Crippen LogP contribution in [0.25, 0.3) is 10.4 Å². The van der Waals surface area contributed by atoms with E-state index in [1.807, 2.05) is 39.3 Å².